The van der Waals surface area contributed by atoms with Crippen molar-refractivity contribution in [3.63, 3.8) is 0 Å². The van der Waals surface area contributed by atoms with Gasteiger partial charge in [-0.15, -0.1) is 0 Å². The van der Waals surface area contributed by atoms with E-state index in [9.17, 15) is 17.6 Å². The SMILES string of the molecule is CNS(=O)(=O)c1cc(C(=O)N2CCC[C@@H](C)[C@@H]2CN)ccc1F. The highest BCUT2D eigenvalue weighted by molar-refractivity contribution is 7.89. The number of hydrogen-bond donors (Lipinski definition) is 2. The van der Waals surface area contributed by atoms with Gasteiger partial charge in [-0.1, -0.05) is 6.92 Å². The maximum Gasteiger partial charge on any atom is 0.254 e. The molecule has 0 saturated carbocycles. The van der Waals surface area contributed by atoms with Crippen molar-refractivity contribution in [3.8, 4) is 0 Å². The van der Waals surface area contributed by atoms with E-state index in [2.05, 4.69) is 4.72 Å². The Kier molecular flexibility index (Phi) is 5.38. The Labute approximate surface area is 135 Å². The van der Waals surface area contributed by atoms with Gasteiger partial charge in [0.15, 0.2) is 0 Å². The summed E-state index contributed by atoms with van der Waals surface area (Å²) < 4.78 is 39.6. The number of benzene rings is 1. The predicted octanol–water partition coefficient (Wildman–Crippen LogP) is 0.933. The van der Waals surface area contributed by atoms with Gasteiger partial charge in [-0.05, 0) is 44.0 Å². The van der Waals surface area contributed by atoms with Crippen molar-refractivity contribution >= 4 is 15.9 Å². The number of rotatable bonds is 4. The van der Waals surface area contributed by atoms with Crippen molar-refractivity contribution in [3.05, 3.63) is 29.6 Å². The Morgan fingerprint density at radius 2 is 2.17 bits per heavy atom. The normalized spacial score (nSPS) is 22.2. The highest BCUT2D eigenvalue weighted by atomic mass is 32.2. The fourth-order valence-corrected chi connectivity index (χ4v) is 3.81. The third-order valence-electron chi connectivity index (χ3n) is 4.35. The van der Waals surface area contributed by atoms with Gasteiger partial charge in [0.05, 0.1) is 0 Å². The van der Waals surface area contributed by atoms with Gasteiger partial charge in [0.2, 0.25) is 10.0 Å². The van der Waals surface area contributed by atoms with Gasteiger partial charge < -0.3 is 10.6 Å². The van der Waals surface area contributed by atoms with Crippen LogP contribution >= 0.6 is 0 Å². The second-order valence-corrected chi connectivity index (χ2v) is 7.63. The maximum absolute atomic E-state index is 13.8. The molecule has 6 nitrogen and oxygen atoms in total. The molecule has 1 aliphatic heterocycles. The number of carbonyl (C=O) groups is 1. The average Bonchev–Trinajstić information content (AvgIpc) is 2.54. The third kappa shape index (κ3) is 3.54. The molecule has 0 aliphatic carbocycles. The molecule has 128 valence electrons. The molecule has 3 N–H and O–H groups in total. The molecule has 1 aromatic carbocycles. The van der Waals surface area contributed by atoms with Crippen molar-refractivity contribution < 1.29 is 17.6 Å². The number of carbonyl (C=O) groups excluding carboxylic acids is 1. The lowest BCUT2D eigenvalue weighted by Crippen LogP contribution is -2.51. The van der Waals surface area contributed by atoms with E-state index in [0.717, 1.165) is 25.0 Å². The van der Waals surface area contributed by atoms with Gasteiger partial charge >= 0.3 is 0 Å². The second-order valence-electron chi connectivity index (χ2n) is 5.77. The molecule has 1 heterocycles. The molecule has 0 aromatic heterocycles. The van der Waals surface area contributed by atoms with E-state index >= 15 is 0 Å². The van der Waals surface area contributed by atoms with Crippen LogP contribution in [0.3, 0.4) is 0 Å². The Balaban J connectivity index is 2.38. The van der Waals surface area contributed by atoms with Crippen LogP contribution in [-0.4, -0.2) is 45.4 Å². The summed E-state index contributed by atoms with van der Waals surface area (Å²) >= 11 is 0. The summed E-state index contributed by atoms with van der Waals surface area (Å²) in [5, 5.41) is 0. The zero-order valence-corrected chi connectivity index (χ0v) is 14.1. The fraction of sp³-hybridized carbons (Fsp3) is 0.533. The monoisotopic (exact) mass is 343 g/mol. The number of piperidine rings is 1. The van der Waals surface area contributed by atoms with Crippen LogP contribution < -0.4 is 10.5 Å². The fourth-order valence-electron chi connectivity index (χ4n) is 2.98. The number of likely N-dealkylation sites (tertiary alicyclic amines) is 1. The Hall–Kier alpha value is -1.51. The standard InChI is InChI=1S/C15H22FN3O3S/c1-10-4-3-7-19(13(10)9-17)15(20)11-5-6-12(16)14(8-11)23(21,22)18-2/h5-6,8,10,13,18H,3-4,7,9,17H2,1-2H3/t10-,13+/m1/s1. The zero-order chi connectivity index (χ0) is 17.2. The molecular formula is C15H22FN3O3S. The Morgan fingerprint density at radius 3 is 2.78 bits per heavy atom. The minimum absolute atomic E-state index is 0.0920. The van der Waals surface area contributed by atoms with Crippen LogP contribution in [0.15, 0.2) is 23.1 Å². The number of nitrogens with zero attached hydrogens (tertiary/aromatic N) is 1. The first-order valence-corrected chi connectivity index (χ1v) is 9.04. The molecule has 1 aliphatic rings. The number of amides is 1. The highest BCUT2D eigenvalue weighted by Crippen LogP contribution is 2.25. The van der Waals surface area contributed by atoms with Crippen LogP contribution in [0.5, 0.6) is 0 Å². The number of hydrogen-bond acceptors (Lipinski definition) is 4. The van der Waals surface area contributed by atoms with E-state index in [0.29, 0.717) is 13.1 Å². The summed E-state index contributed by atoms with van der Waals surface area (Å²) in [5.74, 6) is -0.934. The lowest BCUT2D eigenvalue weighted by molar-refractivity contribution is 0.0532. The summed E-state index contributed by atoms with van der Waals surface area (Å²) in [5.41, 5.74) is 5.93. The third-order valence-corrected chi connectivity index (χ3v) is 5.78. The van der Waals surface area contributed by atoms with E-state index in [1.807, 2.05) is 6.92 Å². The average molecular weight is 343 g/mol. The van der Waals surface area contributed by atoms with Gasteiger partial charge in [0, 0.05) is 24.7 Å². The predicted molar refractivity (Wildman–Crippen MR) is 84.9 cm³/mol. The maximum atomic E-state index is 13.8. The lowest BCUT2D eigenvalue weighted by atomic mass is 9.90. The molecule has 0 unspecified atom stereocenters. The first kappa shape index (κ1) is 17.8. The number of nitrogens with one attached hydrogen (secondary N) is 1. The minimum atomic E-state index is -3.97. The van der Waals surface area contributed by atoms with Crippen LogP contribution in [0.4, 0.5) is 4.39 Å². The molecule has 1 aromatic rings. The highest BCUT2D eigenvalue weighted by Gasteiger charge is 2.32. The molecule has 1 fully saturated rings. The molecule has 2 atom stereocenters. The van der Waals surface area contributed by atoms with Crippen LogP contribution in [0.25, 0.3) is 0 Å². The zero-order valence-electron chi connectivity index (χ0n) is 13.3. The number of nitrogens with two attached hydrogens (primary N) is 1. The quantitative estimate of drug-likeness (QED) is 0.851. The molecule has 1 amide bonds. The molecule has 0 spiro atoms. The van der Waals surface area contributed by atoms with Crippen molar-refractivity contribution in [1.29, 1.82) is 0 Å². The smallest absolute Gasteiger partial charge is 0.254 e. The van der Waals surface area contributed by atoms with Crippen LogP contribution in [0.2, 0.25) is 0 Å². The van der Waals surface area contributed by atoms with Crippen molar-refractivity contribution in [2.24, 2.45) is 11.7 Å². The molecule has 0 bridgehead atoms. The topological polar surface area (TPSA) is 92.5 Å². The van der Waals surface area contributed by atoms with Crippen molar-refractivity contribution in [1.82, 2.24) is 9.62 Å². The molecule has 1 saturated heterocycles. The molecule has 23 heavy (non-hydrogen) atoms. The summed E-state index contributed by atoms with van der Waals surface area (Å²) in [6.45, 7) is 2.95. The molecule has 2 rings (SSSR count). The number of sulfonamides is 1. The van der Waals surface area contributed by atoms with Gasteiger partial charge in [-0.3, -0.25) is 4.79 Å². The number of halogens is 1. The van der Waals surface area contributed by atoms with E-state index in [1.165, 1.54) is 13.1 Å². The lowest BCUT2D eigenvalue weighted by Gasteiger charge is -2.39. The van der Waals surface area contributed by atoms with E-state index < -0.39 is 20.7 Å². The summed E-state index contributed by atoms with van der Waals surface area (Å²) in [6, 6.07) is 3.29. The Bertz CT molecular complexity index is 693. The van der Waals surface area contributed by atoms with E-state index in [-0.39, 0.29) is 23.4 Å². The van der Waals surface area contributed by atoms with Gasteiger partial charge in [0.1, 0.15) is 10.7 Å². The summed E-state index contributed by atoms with van der Waals surface area (Å²) in [4.78, 5) is 13.9. The van der Waals surface area contributed by atoms with Crippen LogP contribution in [0.1, 0.15) is 30.1 Å². The minimum Gasteiger partial charge on any atom is -0.334 e. The first-order valence-electron chi connectivity index (χ1n) is 7.56. The van der Waals surface area contributed by atoms with Crippen molar-refractivity contribution in [2.75, 3.05) is 20.1 Å². The largest absolute Gasteiger partial charge is 0.334 e. The van der Waals surface area contributed by atoms with Crippen LogP contribution in [-0.2, 0) is 10.0 Å². The van der Waals surface area contributed by atoms with Gasteiger partial charge in [-0.25, -0.2) is 17.5 Å². The van der Waals surface area contributed by atoms with E-state index in [4.69, 9.17) is 5.73 Å². The van der Waals surface area contributed by atoms with Gasteiger partial charge in [0.25, 0.3) is 5.91 Å². The molecule has 8 heteroatoms. The summed E-state index contributed by atoms with van der Waals surface area (Å²) in [7, 11) is -2.77. The molecule has 0 radical (unpaired) electrons. The second kappa shape index (κ2) is 6.94. The molecular weight excluding hydrogens is 321 g/mol. The van der Waals surface area contributed by atoms with Crippen LogP contribution in [0, 0.1) is 11.7 Å². The van der Waals surface area contributed by atoms with Crippen molar-refractivity contribution in [2.45, 2.75) is 30.7 Å². The van der Waals surface area contributed by atoms with E-state index in [1.54, 1.807) is 4.90 Å². The van der Waals surface area contributed by atoms with Gasteiger partial charge in [-0.2, -0.15) is 0 Å². The Morgan fingerprint density at radius 1 is 1.48 bits per heavy atom. The summed E-state index contributed by atoms with van der Waals surface area (Å²) in [6.07, 6.45) is 1.86. The first-order chi connectivity index (χ1) is 10.8.